The Morgan fingerprint density at radius 1 is 1.50 bits per heavy atom. The zero-order valence-corrected chi connectivity index (χ0v) is 7.78. The zero-order chi connectivity index (χ0) is 10.1. The number of phenols is 1. The van der Waals surface area contributed by atoms with Crippen LogP contribution in [-0.2, 0) is 11.2 Å². The quantitative estimate of drug-likeness (QED) is 0.790. The largest absolute Gasteiger partial charge is 0.508 e. The average Bonchev–Trinajstić information content (AvgIpc) is 2.51. The van der Waals surface area contributed by atoms with Gasteiger partial charge >= 0.3 is 0 Å². The van der Waals surface area contributed by atoms with Gasteiger partial charge in [0.1, 0.15) is 17.1 Å². The maximum Gasteiger partial charge on any atom is 0.137 e. The SMILES string of the molecule is CC(=O)Cc1cc2ccoc2cc1O. The monoisotopic (exact) mass is 190 g/mol. The topological polar surface area (TPSA) is 50.4 Å². The van der Waals surface area contributed by atoms with Crippen molar-refractivity contribution >= 4 is 16.8 Å². The number of carbonyl (C=O) groups excluding carboxylic acids is 1. The van der Waals surface area contributed by atoms with E-state index in [4.69, 9.17) is 4.42 Å². The van der Waals surface area contributed by atoms with E-state index in [1.54, 1.807) is 18.4 Å². The second-order valence-corrected chi connectivity index (χ2v) is 3.32. The fraction of sp³-hybridized carbons (Fsp3) is 0.182. The van der Waals surface area contributed by atoms with Crippen LogP contribution in [0.4, 0.5) is 0 Å². The minimum Gasteiger partial charge on any atom is -0.508 e. The summed E-state index contributed by atoms with van der Waals surface area (Å²) in [6.07, 6.45) is 1.81. The summed E-state index contributed by atoms with van der Waals surface area (Å²) in [6.45, 7) is 1.50. The lowest BCUT2D eigenvalue weighted by molar-refractivity contribution is -0.116. The lowest BCUT2D eigenvalue weighted by Gasteiger charge is -2.01. The standard InChI is InChI=1S/C11H10O3/c1-7(12)4-9-5-8-2-3-14-11(8)6-10(9)13/h2-3,5-6,13H,4H2,1H3. The number of hydrogen-bond donors (Lipinski definition) is 1. The van der Waals surface area contributed by atoms with Crippen LogP contribution in [0, 0.1) is 0 Å². The summed E-state index contributed by atoms with van der Waals surface area (Å²) >= 11 is 0. The van der Waals surface area contributed by atoms with E-state index in [0.29, 0.717) is 11.1 Å². The maximum atomic E-state index is 10.9. The zero-order valence-electron chi connectivity index (χ0n) is 7.78. The molecule has 2 aromatic rings. The fourth-order valence-electron chi connectivity index (χ4n) is 1.46. The number of rotatable bonds is 2. The van der Waals surface area contributed by atoms with Gasteiger partial charge in [0.05, 0.1) is 6.26 Å². The Hall–Kier alpha value is -1.77. The molecule has 0 fully saturated rings. The molecule has 3 nitrogen and oxygen atoms in total. The molecule has 0 aliphatic rings. The molecule has 72 valence electrons. The second-order valence-electron chi connectivity index (χ2n) is 3.32. The van der Waals surface area contributed by atoms with Crippen molar-refractivity contribution in [1.29, 1.82) is 0 Å². The van der Waals surface area contributed by atoms with Gasteiger partial charge in [-0.3, -0.25) is 4.79 Å². The van der Waals surface area contributed by atoms with Gasteiger partial charge < -0.3 is 9.52 Å². The lowest BCUT2D eigenvalue weighted by Crippen LogP contribution is -1.96. The van der Waals surface area contributed by atoms with Gasteiger partial charge in [-0.1, -0.05) is 0 Å². The van der Waals surface area contributed by atoms with Crippen LogP contribution in [0.5, 0.6) is 5.75 Å². The number of aromatic hydroxyl groups is 1. The van der Waals surface area contributed by atoms with Crippen LogP contribution in [0.3, 0.4) is 0 Å². The molecule has 0 bridgehead atoms. The van der Waals surface area contributed by atoms with Crippen molar-refractivity contribution in [1.82, 2.24) is 0 Å². The maximum absolute atomic E-state index is 10.9. The van der Waals surface area contributed by atoms with Crippen molar-refractivity contribution in [3.8, 4) is 5.75 Å². The average molecular weight is 190 g/mol. The van der Waals surface area contributed by atoms with E-state index in [2.05, 4.69) is 0 Å². The number of fused-ring (bicyclic) bond motifs is 1. The minimum absolute atomic E-state index is 0.0307. The molecular weight excluding hydrogens is 180 g/mol. The number of furan rings is 1. The highest BCUT2D eigenvalue weighted by molar-refractivity contribution is 5.84. The highest BCUT2D eigenvalue weighted by Gasteiger charge is 2.07. The molecule has 1 N–H and O–H groups in total. The molecule has 0 saturated heterocycles. The van der Waals surface area contributed by atoms with Crippen LogP contribution in [0.2, 0.25) is 0 Å². The number of ketones is 1. The molecular formula is C11H10O3. The highest BCUT2D eigenvalue weighted by atomic mass is 16.3. The smallest absolute Gasteiger partial charge is 0.137 e. The van der Waals surface area contributed by atoms with E-state index in [1.807, 2.05) is 0 Å². The van der Waals surface area contributed by atoms with Gasteiger partial charge in [-0.2, -0.15) is 0 Å². The first-order valence-electron chi connectivity index (χ1n) is 4.35. The summed E-state index contributed by atoms with van der Waals surface area (Å²) < 4.78 is 5.11. The summed E-state index contributed by atoms with van der Waals surface area (Å²) in [6, 6.07) is 5.11. The molecule has 2 rings (SSSR count). The second kappa shape index (κ2) is 3.18. The molecule has 1 heterocycles. The predicted octanol–water partition coefficient (Wildman–Crippen LogP) is 2.27. The molecule has 0 aliphatic carbocycles. The van der Waals surface area contributed by atoms with Gasteiger partial charge in [0.2, 0.25) is 0 Å². The molecule has 0 atom stereocenters. The van der Waals surface area contributed by atoms with Gasteiger partial charge in [0.15, 0.2) is 0 Å². The van der Waals surface area contributed by atoms with Gasteiger partial charge in [0.25, 0.3) is 0 Å². The number of carbonyl (C=O) groups is 1. The van der Waals surface area contributed by atoms with Gasteiger partial charge in [-0.25, -0.2) is 0 Å². The molecule has 0 spiro atoms. The Balaban J connectivity index is 2.53. The third kappa shape index (κ3) is 1.48. The Kier molecular flexibility index (Phi) is 2.00. The summed E-state index contributed by atoms with van der Waals surface area (Å²) in [5.74, 6) is 0.144. The third-order valence-electron chi connectivity index (χ3n) is 2.09. The molecule has 3 heteroatoms. The minimum atomic E-state index is 0.0307. The van der Waals surface area contributed by atoms with Crippen molar-refractivity contribution in [2.24, 2.45) is 0 Å². The van der Waals surface area contributed by atoms with Crippen LogP contribution in [0.25, 0.3) is 11.0 Å². The van der Waals surface area contributed by atoms with Gasteiger partial charge in [-0.05, 0) is 19.1 Å². The van der Waals surface area contributed by atoms with Crippen molar-refractivity contribution < 1.29 is 14.3 Å². The van der Waals surface area contributed by atoms with E-state index in [-0.39, 0.29) is 18.0 Å². The van der Waals surface area contributed by atoms with Crippen LogP contribution in [0.1, 0.15) is 12.5 Å². The van der Waals surface area contributed by atoms with Gasteiger partial charge in [-0.15, -0.1) is 0 Å². The normalized spacial score (nSPS) is 10.6. The number of hydrogen-bond acceptors (Lipinski definition) is 3. The summed E-state index contributed by atoms with van der Waals surface area (Å²) in [5, 5.41) is 10.5. The van der Waals surface area contributed by atoms with E-state index >= 15 is 0 Å². The van der Waals surface area contributed by atoms with E-state index in [9.17, 15) is 9.90 Å². The molecule has 1 aromatic carbocycles. The Labute approximate surface area is 81.0 Å². The predicted molar refractivity (Wildman–Crippen MR) is 52.3 cm³/mol. The van der Waals surface area contributed by atoms with Crippen LogP contribution in [0.15, 0.2) is 28.9 Å². The fourth-order valence-corrected chi connectivity index (χ4v) is 1.46. The van der Waals surface area contributed by atoms with Gasteiger partial charge in [0, 0.05) is 23.4 Å². The lowest BCUT2D eigenvalue weighted by atomic mass is 10.1. The Morgan fingerprint density at radius 3 is 3.00 bits per heavy atom. The summed E-state index contributed by atoms with van der Waals surface area (Å²) in [4.78, 5) is 10.9. The molecule has 0 aliphatic heterocycles. The van der Waals surface area contributed by atoms with Crippen molar-refractivity contribution in [3.63, 3.8) is 0 Å². The van der Waals surface area contributed by atoms with Crippen LogP contribution < -0.4 is 0 Å². The molecule has 0 amide bonds. The third-order valence-corrected chi connectivity index (χ3v) is 2.09. The Bertz CT molecular complexity index is 482. The Morgan fingerprint density at radius 2 is 2.29 bits per heavy atom. The molecule has 14 heavy (non-hydrogen) atoms. The molecule has 0 saturated carbocycles. The summed E-state index contributed by atoms with van der Waals surface area (Å²) in [7, 11) is 0. The first-order chi connectivity index (χ1) is 6.66. The van der Waals surface area contributed by atoms with Crippen molar-refractivity contribution in [2.45, 2.75) is 13.3 Å². The number of phenolic OH excluding ortho intramolecular Hbond substituents is 1. The van der Waals surface area contributed by atoms with Crippen LogP contribution in [-0.4, -0.2) is 10.9 Å². The molecule has 1 aromatic heterocycles. The van der Waals surface area contributed by atoms with E-state index in [1.165, 1.54) is 13.0 Å². The highest BCUT2D eigenvalue weighted by Crippen LogP contribution is 2.26. The molecule has 0 radical (unpaired) electrons. The van der Waals surface area contributed by atoms with Crippen molar-refractivity contribution in [2.75, 3.05) is 0 Å². The first-order valence-corrected chi connectivity index (χ1v) is 4.35. The number of benzene rings is 1. The summed E-state index contributed by atoms with van der Waals surface area (Å²) in [5.41, 5.74) is 1.28. The van der Waals surface area contributed by atoms with Crippen LogP contribution >= 0.6 is 0 Å². The number of Topliss-reactive ketones (excluding diaryl/α,β-unsaturated/α-hetero) is 1. The van der Waals surface area contributed by atoms with Crippen molar-refractivity contribution in [3.05, 3.63) is 30.0 Å². The molecule has 0 unspecified atom stereocenters. The van der Waals surface area contributed by atoms with E-state index in [0.717, 1.165) is 5.39 Å². The van der Waals surface area contributed by atoms with E-state index < -0.39 is 0 Å². The first kappa shape index (κ1) is 8.81.